The summed E-state index contributed by atoms with van der Waals surface area (Å²) in [5, 5.41) is 0.355. The Bertz CT molecular complexity index is 922. The van der Waals surface area contributed by atoms with E-state index in [1.807, 2.05) is 13.8 Å². The molecule has 2 aromatic rings. The van der Waals surface area contributed by atoms with E-state index in [1.165, 1.54) is 24.3 Å². The Kier molecular flexibility index (Phi) is 6.82. The van der Waals surface area contributed by atoms with Crippen molar-refractivity contribution < 1.29 is 23.5 Å². The summed E-state index contributed by atoms with van der Waals surface area (Å²) >= 11 is 5.89. The van der Waals surface area contributed by atoms with E-state index in [0.29, 0.717) is 23.7 Å². The van der Waals surface area contributed by atoms with Gasteiger partial charge in [0.1, 0.15) is 23.4 Å². The van der Waals surface area contributed by atoms with Gasteiger partial charge in [0.15, 0.2) is 6.61 Å². The van der Waals surface area contributed by atoms with Gasteiger partial charge in [-0.25, -0.2) is 4.39 Å². The van der Waals surface area contributed by atoms with Gasteiger partial charge in [0.05, 0.1) is 5.56 Å². The Balaban J connectivity index is 1.60. The van der Waals surface area contributed by atoms with E-state index < -0.39 is 5.91 Å². The van der Waals surface area contributed by atoms with E-state index in [9.17, 15) is 14.0 Å². The number of primary amides is 1. The SMILES string of the molecule is CC1CN(C(=O)COc2ccc(Cl)cc2C(N)=O)C(C)CC1Oc1ccc(F)cc1. The molecule has 2 amide bonds. The van der Waals surface area contributed by atoms with Crippen molar-refractivity contribution >= 4 is 23.4 Å². The highest BCUT2D eigenvalue weighted by molar-refractivity contribution is 6.31. The van der Waals surface area contributed by atoms with E-state index in [0.717, 1.165) is 0 Å². The van der Waals surface area contributed by atoms with Gasteiger partial charge >= 0.3 is 0 Å². The second-order valence-corrected chi connectivity index (χ2v) is 7.95. The molecule has 160 valence electrons. The highest BCUT2D eigenvalue weighted by Crippen LogP contribution is 2.28. The van der Waals surface area contributed by atoms with Crippen LogP contribution < -0.4 is 15.2 Å². The van der Waals surface area contributed by atoms with Gasteiger partial charge < -0.3 is 20.1 Å². The zero-order chi connectivity index (χ0) is 21.8. The molecule has 3 unspecified atom stereocenters. The van der Waals surface area contributed by atoms with Crippen LogP contribution in [-0.2, 0) is 4.79 Å². The van der Waals surface area contributed by atoms with E-state index in [2.05, 4.69) is 0 Å². The van der Waals surface area contributed by atoms with Crippen LogP contribution in [0.3, 0.4) is 0 Å². The lowest BCUT2D eigenvalue weighted by atomic mass is 9.91. The first-order valence-electron chi connectivity index (χ1n) is 9.68. The molecular weight excluding hydrogens is 411 g/mol. The largest absolute Gasteiger partial charge is 0.490 e. The van der Waals surface area contributed by atoms with Crippen molar-refractivity contribution in [2.45, 2.75) is 32.4 Å². The minimum atomic E-state index is -0.680. The number of carbonyl (C=O) groups excluding carboxylic acids is 2. The van der Waals surface area contributed by atoms with Gasteiger partial charge in [0, 0.05) is 29.9 Å². The molecule has 0 saturated carbocycles. The lowest BCUT2D eigenvalue weighted by molar-refractivity contribution is -0.139. The average molecular weight is 435 g/mol. The van der Waals surface area contributed by atoms with Crippen molar-refractivity contribution in [1.29, 1.82) is 0 Å². The zero-order valence-electron chi connectivity index (χ0n) is 16.8. The number of hydrogen-bond donors (Lipinski definition) is 1. The molecule has 8 heteroatoms. The molecule has 1 aliphatic rings. The third kappa shape index (κ3) is 5.21. The maximum absolute atomic E-state index is 13.1. The number of halogens is 2. The van der Waals surface area contributed by atoms with Gasteiger partial charge in [0.2, 0.25) is 0 Å². The summed E-state index contributed by atoms with van der Waals surface area (Å²) in [7, 11) is 0. The molecule has 3 rings (SSSR count). The molecule has 0 aromatic heterocycles. The molecular formula is C22H24ClFN2O4. The van der Waals surface area contributed by atoms with Crippen LogP contribution in [-0.4, -0.2) is 42.0 Å². The molecule has 0 radical (unpaired) electrons. The lowest BCUT2D eigenvalue weighted by Gasteiger charge is -2.41. The van der Waals surface area contributed by atoms with E-state index in [1.54, 1.807) is 23.1 Å². The molecule has 1 aliphatic heterocycles. The maximum atomic E-state index is 13.1. The van der Waals surface area contributed by atoms with Crippen molar-refractivity contribution in [3.63, 3.8) is 0 Å². The minimum absolute atomic E-state index is 0.0661. The molecule has 1 saturated heterocycles. The van der Waals surface area contributed by atoms with Gasteiger partial charge in [0.25, 0.3) is 11.8 Å². The Hall–Kier alpha value is -2.80. The van der Waals surface area contributed by atoms with Crippen LogP contribution in [0.15, 0.2) is 42.5 Å². The van der Waals surface area contributed by atoms with E-state index in [-0.39, 0.29) is 47.7 Å². The van der Waals surface area contributed by atoms with Gasteiger partial charge in [-0.3, -0.25) is 9.59 Å². The number of nitrogens with zero attached hydrogens (tertiary/aromatic N) is 1. The molecule has 2 N–H and O–H groups in total. The normalized spacial score (nSPS) is 21.2. The first kappa shape index (κ1) is 21.9. The van der Waals surface area contributed by atoms with Crippen LogP contribution >= 0.6 is 11.6 Å². The number of ether oxygens (including phenoxy) is 2. The third-order valence-electron chi connectivity index (χ3n) is 5.20. The maximum Gasteiger partial charge on any atom is 0.260 e. The topological polar surface area (TPSA) is 81.9 Å². The molecule has 0 bridgehead atoms. The summed E-state index contributed by atoms with van der Waals surface area (Å²) in [4.78, 5) is 26.1. The summed E-state index contributed by atoms with van der Waals surface area (Å²) in [6.07, 6.45) is 0.547. The number of amides is 2. The quantitative estimate of drug-likeness (QED) is 0.752. The first-order chi connectivity index (χ1) is 14.2. The number of hydrogen-bond acceptors (Lipinski definition) is 4. The molecule has 6 nitrogen and oxygen atoms in total. The third-order valence-corrected chi connectivity index (χ3v) is 5.44. The Labute approximate surface area is 179 Å². The molecule has 1 fully saturated rings. The molecule has 2 aromatic carbocycles. The molecule has 0 aliphatic carbocycles. The number of nitrogens with two attached hydrogens (primary N) is 1. The van der Waals surface area contributed by atoms with Crippen LogP contribution in [0.5, 0.6) is 11.5 Å². The zero-order valence-corrected chi connectivity index (χ0v) is 17.6. The van der Waals surface area contributed by atoms with Gasteiger partial charge in [-0.05, 0) is 49.4 Å². The van der Waals surface area contributed by atoms with Crippen LogP contribution in [0.2, 0.25) is 5.02 Å². The van der Waals surface area contributed by atoms with Crippen LogP contribution in [0.4, 0.5) is 4.39 Å². The summed E-state index contributed by atoms with van der Waals surface area (Å²) in [6, 6.07) is 10.3. The number of likely N-dealkylation sites (tertiary alicyclic amines) is 1. The standard InChI is InChI=1S/C22H24ClFN2O4/c1-13-11-26(14(2)9-20(13)30-17-6-4-16(24)5-7-17)21(27)12-29-19-8-3-15(23)10-18(19)22(25)28/h3-8,10,13-14,20H,9,11-12H2,1-2H3,(H2,25,28). The second kappa shape index (κ2) is 9.34. The molecule has 1 heterocycles. The van der Waals surface area contributed by atoms with Crippen LogP contribution in [0.1, 0.15) is 30.6 Å². The van der Waals surface area contributed by atoms with Gasteiger partial charge in [-0.1, -0.05) is 18.5 Å². The number of carbonyl (C=O) groups is 2. The van der Waals surface area contributed by atoms with Crippen LogP contribution in [0, 0.1) is 11.7 Å². The number of rotatable bonds is 6. The Morgan fingerprint density at radius 1 is 1.20 bits per heavy atom. The fourth-order valence-corrected chi connectivity index (χ4v) is 3.72. The van der Waals surface area contributed by atoms with Crippen molar-refractivity contribution in [3.05, 3.63) is 58.9 Å². The van der Waals surface area contributed by atoms with E-state index >= 15 is 0 Å². The first-order valence-corrected chi connectivity index (χ1v) is 10.1. The summed E-state index contributed by atoms with van der Waals surface area (Å²) < 4.78 is 24.7. The lowest BCUT2D eigenvalue weighted by Crippen LogP contribution is -2.52. The fourth-order valence-electron chi connectivity index (χ4n) is 3.55. The summed E-state index contributed by atoms with van der Waals surface area (Å²) in [5.74, 6) is -0.294. The molecule has 30 heavy (non-hydrogen) atoms. The smallest absolute Gasteiger partial charge is 0.260 e. The van der Waals surface area contributed by atoms with Crippen molar-refractivity contribution in [1.82, 2.24) is 4.90 Å². The van der Waals surface area contributed by atoms with Gasteiger partial charge in [-0.15, -0.1) is 0 Å². The Morgan fingerprint density at radius 2 is 1.90 bits per heavy atom. The number of benzene rings is 2. The van der Waals surface area contributed by atoms with Crippen molar-refractivity contribution in [2.24, 2.45) is 11.7 Å². The predicted molar refractivity (Wildman–Crippen MR) is 111 cm³/mol. The van der Waals surface area contributed by atoms with Crippen LogP contribution in [0.25, 0.3) is 0 Å². The molecule has 3 atom stereocenters. The summed E-state index contributed by atoms with van der Waals surface area (Å²) in [5.41, 5.74) is 5.48. The fraction of sp³-hybridized carbons (Fsp3) is 0.364. The predicted octanol–water partition coefficient (Wildman–Crippen LogP) is 3.66. The highest BCUT2D eigenvalue weighted by Gasteiger charge is 2.35. The average Bonchev–Trinajstić information content (AvgIpc) is 2.70. The van der Waals surface area contributed by atoms with Gasteiger partial charge in [-0.2, -0.15) is 0 Å². The highest BCUT2D eigenvalue weighted by atomic mass is 35.5. The monoisotopic (exact) mass is 434 g/mol. The second-order valence-electron chi connectivity index (χ2n) is 7.51. The van der Waals surface area contributed by atoms with E-state index in [4.69, 9.17) is 26.8 Å². The summed E-state index contributed by atoms with van der Waals surface area (Å²) in [6.45, 7) is 4.23. The molecule has 0 spiro atoms. The van der Waals surface area contributed by atoms with Crippen molar-refractivity contribution in [3.8, 4) is 11.5 Å². The van der Waals surface area contributed by atoms with Crippen molar-refractivity contribution in [2.75, 3.05) is 13.2 Å². The minimum Gasteiger partial charge on any atom is -0.490 e. The Morgan fingerprint density at radius 3 is 2.57 bits per heavy atom. The number of piperidine rings is 1.